The van der Waals surface area contributed by atoms with Gasteiger partial charge < -0.3 is 20.4 Å². The van der Waals surface area contributed by atoms with Crippen molar-refractivity contribution < 1.29 is 9.13 Å². The number of nitrogens with one attached hydrogen (secondary N) is 3. The second kappa shape index (κ2) is 12.1. The highest BCUT2D eigenvalue weighted by Crippen LogP contribution is 2.19. The Hall–Kier alpha value is -1.35. The smallest absolute Gasteiger partial charge is 0.191 e. The number of rotatable bonds is 9. The summed E-state index contributed by atoms with van der Waals surface area (Å²) in [7, 11) is 1.75. The highest BCUT2D eigenvalue weighted by atomic mass is 127. The van der Waals surface area contributed by atoms with Crippen molar-refractivity contribution in [3.63, 3.8) is 0 Å². The minimum Gasteiger partial charge on any atom is -0.380 e. The van der Waals surface area contributed by atoms with Crippen LogP contribution in [0.25, 0.3) is 10.9 Å². The average molecular weight is 476 g/mol. The van der Waals surface area contributed by atoms with Crippen molar-refractivity contribution in [3.05, 3.63) is 35.8 Å². The van der Waals surface area contributed by atoms with E-state index in [1.165, 1.54) is 6.07 Å². The number of ether oxygens (including phenoxy) is 1. The summed E-state index contributed by atoms with van der Waals surface area (Å²) in [6, 6.07) is 4.81. The van der Waals surface area contributed by atoms with Gasteiger partial charge in [0.05, 0.1) is 6.61 Å². The van der Waals surface area contributed by atoms with Gasteiger partial charge in [-0.15, -0.1) is 24.0 Å². The maximum absolute atomic E-state index is 13.4. The number of aromatic amines is 1. The predicted octanol–water partition coefficient (Wildman–Crippen LogP) is 3.70. The zero-order chi connectivity index (χ0) is 18.1. The number of halogens is 2. The topological polar surface area (TPSA) is 61.4 Å². The number of benzene rings is 1. The summed E-state index contributed by atoms with van der Waals surface area (Å²) >= 11 is 0. The number of fused-ring (bicyclic) bond motifs is 1. The first kappa shape index (κ1) is 22.7. The first-order chi connectivity index (χ1) is 12.1. The van der Waals surface area contributed by atoms with Gasteiger partial charge in [0.1, 0.15) is 5.82 Å². The van der Waals surface area contributed by atoms with E-state index in [4.69, 9.17) is 4.74 Å². The van der Waals surface area contributed by atoms with Crippen LogP contribution >= 0.6 is 24.0 Å². The Bertz CT molecular complexity index is 687. The molecule has 0 atom stereocenters. The number of hydrogen-bond donors (Lipinski definition) is 3. The number of hydrogen-bond acceptors (Lipinski definition) is 2. The molecule has 0 unspecified atom stereocenters. The molecule has 0 fully saturated rings. The third-order valence-corrected chi connectivity index (χ3v) is 4.02. The minimum atomic E-state index is -0.212. The van der Waals surface area contributed by atoms with E-state index >= 15 is 0 Å². The molecular formula is C19H30FIN4O. The summed E-state index contributed by atoms with van der Waals surface area (Å²) in [5.74, 6) is 1.20. The van der Waals surface area contributed by atoms with Crippen molar-refractivity contribution in [2.24, 2.45) is 10.9 Å². The zero-order valence-electron chi connectivity index (χ0n) is 15.8. The van der Waals surface area contributed by atoms with Crippen LogP contribution in [0.1, 0.15) is 25.8 Å². The van der Waals surface area contributed by atoms with E-state index < -0.39 is 0 Å². The van der Waals surface area contributed by atoms with Crippen LogP contribution in [-0.4, -0.2) is 44.3 Å². The van der Waals surface area contributed by atoms with Crippen LogP contribution in [0.5, 0.6) is 0 Å². The lowest BCUT2D eigenvalue weighted by Gasteiger charge is -2.12. The van der Waals surface area contributed by atoms with E-state index in [0.717, 1.165) is 55.0 Å². The van der Waals surface area contributed by atoms with Crippen LogP contribution in [0.2, 0.25) is 0 Å². The maximum atomic E-state index is 13.4. The Balaban J connectivity index is 0.00000338. The van der Waals surface area contributed by atoms with Crippen LogP contribution < -0.4 is 10.6 Å². The number of aromatic nitrogens is 1. The summed E-state index contributed by atoms with van der Waals surface area (Å²) in [5.41, 5.74) is 2.05. The van der Waals surface area contributed by atoms with Gasteiger partial charge in [-0.25, -0.2) is 4.39 Å². The molecule has 0 bridgehead atoms. The Labute approximate surface area is 172 Å². The molecule has 0 radical (unpaired) electrons. The summed E-state index contributed by atoms with van der Waals surface area (Å²) in [5, 5.41) is 7.44. The SMILES string of the molecule is CN=C(NCCOCCC(C)C)NCCc1c[nH]c2ccc(F)cc12.I. The molecule has 1 heterocycles. The molecule has 146 valence electrons. The highest BCUT2D eigenvalue weighted by Gasteiger charge is 2.05. The van der Waals surface area contributed by atoms with Crippen molar-refractivity contribution in [2.75, 3.05) is 33.4 Å². The van der Waals surface area contributed by atoms with Gasteiger partial charge in [-0.2, -0.15) is 0 Å². The lowest BCUT2D eigenvalue weighted by molar-refractivity contribution is 0.128. The fourth-order valence-corrected chi connectivity index (χ4v) is 2.56. The first-order valence-corrected chi connectivity index (χ1v) is 8.88. The molecule has 3 N–H and O–H groups in total. The molecule has 0 aliphatic heterocycles. The standard InChI is InChI=1S/C19H29FN4O.HI/c1-14(2)7-10-25-11-9-23-19(21-3)22-8-6-15-13-24-18-5-4-16(20)12-17(15)18;/h4-5,12-14,24H,6-11H2,1-3H3,(H2,21,22,23);1H. The third-order valence-electron chi connectivity index (χ3n) is 4.02. The molecule has 0 aliphatic carbocycles. The molecule has 2 aromatic rings. The fraction of sp³-hybridized carbons (Fsp3) is 0.526. The van der Waals surface area contributed by atoms with Crippen molar-refractivity contribution in [1.82, 2.24) is 15.6 Å². The van der Waals surface area contributed by atoms with Gasteiger partial charge in [0.25, 0.3) is 0 Å². The molecule has 1 aromatic heterocycles. The van der Waals surface area contributed by atoms with Crippen LogP contribution in [-0.2, 0) is 11.2 Å². The maximum Gasteiger partial charge on any atom is 0.191 e. The van der Waals surface area contributed by atoms with Gasteiger partial charge in [-0.3, -0.25) is 4.99 Å². The Kier molecular flexibility index (Phi) is 10.6. The fourth-order valence-electron chi connectivity index (χ4n) is 2.56. The van der Waals surface area contributed by atoms with Crippen LogP contribution in [0.15, 0.2) is 29.4 Å². The summed E-state index contributed by atoms with van der Waals surface area (Å²) < 4.78 is 19.0. The number of H-pyrrole nitrogens is 1. The monoisotopic (exact) mass is 476 g/mol. The molecule has 0 saturated carbocycles. The zero-order valence-corrected chi connectivity index (χ0v) is 18.1. The van der Waals surface area contributed by atoms with Gasteiger partial charge in [0.15, 0.2) is 5.96 Å². The molecular weight excluding hydrogens is 446 g/mol. The molecule has 0 aliphatic rings. The minimum absolute atomic E-state index is 0. The molecule has 5 nitrogen and oxygen atoms in total. The average Bonchev–Trinajstić information content (AvgIpc) is 2.98. The molecule has 7 heteroatoms. The van der Waals surface area contributed by atoms with E-state index in [2.05, 4.69) is 34.5 Å². The summed E-state index contributed by atoms with van der Waals surface area (Å²) in [4.78, 5) is 7.37. The van der Waals surface area contributed by atoms with Crippen molar-refractivity contribution in [3.8, 4) is 0 Å². The van der Waals surface area contributed by atoms with Crippen LogP contribution in [0.3, 0.4) is 0 Å². The third kappa shape index (κ3) is 7.49. The Morgan fingerprint density at radius 2 is 2.00 bits per heavy atom. The number of guanidine groups is 1. The van der Waals surface area contributed by atoms with Crippen LogP contribution in [0, 0.1) is 11.7 Å². The Morgan fingerprint density at radius 3 is 2.73 bits per heavy atom. The van der Waals surface area contributed by atoms with E-state index in [1.807, 2.05) is 6.20 Å². The summed E-state index contributed by atoms with van der Waals surface area (Å²) in [6.07, 6.45) is 3.80. The normalized spacial score (nSPS) is 11.7. The van der Waals surface area contributed by atoms with Gasteiger partial charge in [0, 0.05) is 43.8 Å². The second-order valence-corrected chi connectivity index (χ2v) is 6.47. The van der Waals surface area contributed by atoms with E-state index in [1.54, 1.807) is 19.2 Å². The molecule has 0 saturated heterocycles. The van der Waals surface area contributed by atoms with E-state index in [-0.39, 0.29) is 29.8 Å². The first-order valence-electron chi connectivity index (χ1n) is 8.88. The van der Waals surface area contributed by atoms with Gasteiger partial charge in [-0.1, -0.05) is 13.8 Å². The lowest BCUT2D eigenvalue weighted by Crippen LogP contribution is -2.39. The predicted molar refractivity (Wildman–Crippen MR) is 117 cm³/mol. The Morgan fingerprint density at radius 1 is 1.23 bits per heavy atom. The van der Waals surface area contributed by atoms with Crippen molar-refractivity contribution >= 4 is 40.8 Å². The molecule has 1 aromatic carbocycles. The molecule has 0 spiro atoms. The number of nitrogens with zero attached hydrogens (tertiary/aromatic N) is 1. The quantitative estimate of drug-likeness (QED) is 0.224. The summed E-state index contributed by atoms with van der Waals surface area (Å²) in [6.45, 7) is 7.27. The molecule has 2 rings (SSSR count). The number of aliphatic imine (C=N–C) groups is 1. The van der Waals surface area contributed by atoms with Crippen molar-refractivity contribution in [2.45, 2.75) is 26.7 Å². The highest BCUT2D eigenvalue weighted by molar-refractivity contribution is 14.0. The second-order valence-electron chi connectivity index (χ2n) is 6.47. The van der Waals surface area contributed by atoms with Gasteiger partial charge in [-0.05, 0) is 42.5 Å². The van der Waals surface area contributed by atoms with E-state index in [0.29, 0.717) is 12.5 Å². The van der Waals surface area contributed by atoms with Crippen molar-refractivity contribution in [1.29, 1.82) is 0 Å². The largest absolute Gasteiger partial charge is 0.380 e. The van der Waals surface area contributed by atoms with Gasteiger partial charge >= 0.3 is 0 Å². The molecule has 26 heavy (non-hydrogen) atoms. The van der Waals surface area contributed by atoms with Gasteiger partial charge in [0.2, 0.25) is 0 Å². The lowest BCUT2D eigenvalue weighted by atomic mass is 10.1. The van der Waals surface area contributed by atoms with E-state index in [9.17, 15) is 4.39 Å². The molecule has 0 amide bonds. The van der Waals surface area contributed by atoms with Crippen LogP contribution in [0.4, 0.5) is 4.39 Å².